The second-order valence-corrected chi connectivity index (χ2v) is 9.80. The van der Waals surface area contributed by atoms with Crippen molar-refractivity contribution in [3.8, 4) is 5.75 Å². The number of piperazine rings is 1. The van der Waals surface area contributed by atoms with Crippen LogP contribution in [0, 0.1) is 0 Å². The molecule has 0 unspecified atom stereocenters. The van der Waals surface area contributed by atoms with Crippen molar-refractivity contribution in [3.63, 3.8) is 0 Å². The Hall–Kier alpha value is -2.84. The van der Waals surface area contributed by atoms with E-state index < -0.39 is 0 Å². The zero-order chi connectivity index (χ0) is 23.2. The van der Waals surface area contributed by atoms with Gasteiger partial charge in [-0.25, -0.2) is 0 Å². The largest absolute Gasteiger partial charge is 0.492 e. The minimum atomic E-state index is 0.174. The van der Waals surface area contributed by atoms with Crippen LogP contribution in [0.5, 0.6) is 5.75 Å². The van der Waals surface area contributed by atoms with E-state index in [0.717, 1.165) is 56.0 Å². The van der Waals surface area contributed by atoms with Crippen molar-refractivity contribution >= 4 is 17.7 Å². The van der Waals surface area contributed by atoms with E-state index in [-0.39, 0.29) is 5.91 Å². The van der Waals surface area contributed by atoms with Crippen LogP contribution in [0.1, 0.15) is 30.1 Å². The van der Waals surface area contributed by atoms with Crippen molar-refractivity contribution in [2.75, 3.05) is 45.1 Å². The Balaban J connectivity index is 1.09. The fourth-order valence-electron chi connectivity index (χ4n) is 4.21. The molecule has 178 valence electrons. The van der Waals surface area contributed by atoms with Gasteiger partial charge in [0.25, 0.3) is 0 Å². The second kappa shape index (κ2) is 11.1. The summed E-state index contributed by atoms with van der Waals surface area (Å²) in [6.07, 6.45) is 2.36. The zero-order valence-corrected chi connectivity index (χ0v) is 20.2. The minimum absolute atomic E-state index is 0.174. The number of aromatic nitrogens is 3. The summed E-state index contributed by atoms with van der Waals surface area (Å²) in [7, 11) is 0. The lowest BCUT2D eigenvalue weighted by atomic mass is 10.2. The lowest BCUT2D eigenvalue weighted by Crippen LogP contribution is -2.50. The van der Waals surface area contributed by atoms with Crippen LogP contribution < -0.4 is 4.74 Å². The Morgan fingerprint density at radius 3 is 2.35 bits per heavy atom. The first-order chi connectivity index (χ1) is 16.8. The SMILES string of the molecule is O=C(CSc1nnc(C2CC2)n1Cc1ccccc1)N1CCN(CCOc2ccccc2)CC1. The molecule has 3 aromatic rings. The predicted octanol–water partition coefficient (Wildman–Crippen LogP) is 3.52. The first-order valence-corrected chi connectivity index (χ1v) is 13.0. The van der Waals surface area contributed by atoms with Gasteiger partial charge in [-0.2, -0.15) is 0 Å². The molecule has 34 heavy (non-hydrogen) atoms. The van der Waals surface area contributed by atoms with Crippen molar-refractivity contribution in [1.29, 1.82) is 0 Å². The number of benzene rings is 2. The third-order valence-corrected chi connectivity index (χ3v) is 7.29. The molecule has 1 saturated heterocycles. The van der Waals surface area contributed by atoms with Gasteiger partial charge in [0.1, 0.15) is 18.2 Å². The summed E-state index contributed by atoms with van der Waals surface area (Å²) in [4.78, 5) is 17.2. The van der Waals surface area contributed by atoms with Gasteiger partial charge in [0.05, 0.1) is 12.3 Å². The Morgan fingerprint density at radius 1 is 0.941 bits per heavy atom. The number of hydrogen-bond acceptors (Lipinski definition) is 6. The monoisotopic (exact) mass is 477 g/mol. The van der Waals surface area contributed by atoms with E-state index in [1.54, 1.807) is 0 Å². The Labute approximate surface area is 205 Å². The molecular formula is C26H31N5O2S. The fraction of sp³-hybridized carbons (Fsp3) is 0.423. The number of rotatable bonds is 10. The van der Waals surface area contributed by atoms with Crippen LogP contribution in [0.15, 0.2) is 65.8 Å². The molecule has 7 nitrogen and oxygen atoms in total. The molecule has 5 rings (SSSR count). The quantitative estimate of drug-likeness (QED) is 0.417. The van der Waals surface area contributed by atoms with Crippen molar-refractivity contribution < 1.29 is 9.53 Å². The Morgan fingerprint density at radius 2 is 1.65 bits per heavy atom. The molecular weight excluding hydrogens is 446 g/mol. The number of carbonyl (C=O) groups excluding carboxylic acids is 1. The van der Waals surface area contributed by atoms with Crippen LogP contribution >= 0.6 is 11.8 Å². The molecule has 0 bridgehead atoms. The summed E-state index contributed by atoms with van der Waals surface area (Å²) in [5.74, 6) is 3.05. The van der Waals surface area contributed by atoms with Crippen LogP contribution in [0.25, 0.3) is 0 Å². The average Bonchev–Trinajstić information content (AvgIpc) is 3.65. The number of carbonyl (C=O) groups is 1. The molecule has 1 aromatic heterocycles. The van der Waals surface area contributed by atoms with E-state index in [0.29, 0.717) is 18.3 Å². The van der Waals surface area contributed by atoms with E-state index in [4.69, 9.17) is 4.74 Å². The van der Waals surface area contributed by atoms with E-state index in [9.17, 15) is 4.79 Å². The number of hydrogen-bond donors (Lipinski definition) is 0. The lowest BCUT2D eigenvalue weighted by molar-refractivity contribution is -0.130. The van der Waals surface area contributed by atoms with Gasteiger partial charge in [-0.05, 0) is 30.5 Å². The second-order valence-electron chi connectivity index (χ2n) is 8.86. The molecule has 1 amide bonds. The van der Waals surface area contributed by atoms with Crippen molar-refractivity contribution in [2.45, 2.75) is 30.5 Å². The van der Waals surface area contributed by atoms with Gasteiger partial charge in [-0.15, -0.1) is 10.2 Å². The average molecular weight is 478 g/mol. The van der Waals surface area contributed by atoms with Crippen LogP contribution in [-0.4, -0.2) is 75.6 Å². The highest BCUT2D eigenvalue weighted by molar-refractivity contribution is 7.99. The van der Waals surface area contributed by atoms with Gasteiger partial charge in [-0.3, -0.25) is 9.69 Å². The van der Waals surface area contributed by atoms with Crippen molar-refractivity contribution in [1.82, 2.24) is 24.6 Å². The normalized spacial score (nSPS) is 16.5. The fourth-order valence-corrected chi connectivity index (χ4v) is 5.06. The third kappa shape index (κ3) is 5.98. The summed E-state index contributed by atoms with van der Waals surface area (Å²) >= 11 is 1.51. The summed E-state index contributed by atoms with van der Waals surface area (Å²) in [5, 5.41) is 9.76. The summed E-state index contributed by atoms with van der Waals surface area (Å²) in [5.41, 5.74) is 1.23. The number of ether oxygens (including phenoxy) is 1. The van der Waals surface area contributed by atoms with Crippen LogP contribution in [0.2, 0.25) is 0 Å². The van der Waals surface area contributed by atoms with Crippen LogP contribution in [0.3, 0.4) is 0 Å². The van der Waals surface area contributed by atoms with Gasteiger partial charge >= 0.3 is 0 Å². The molecule has 8 heteroatoms. The van der Waals surface area contributed by atoms with Crippen LogP contribution in [-0.2, 0) is 11.3 Å². The topological polar surface area (TPSA) is 63.5 Å². The Kier molecular flexibility index (Phi) is 7.46. The number of nitrogens with zero attached hydrogens (tertiary/aromatic N) is 5. The summed E-state index contributed by atoms with van der Waals surface area (Å²) < 4.78 is 8.01. The molecule has 0 spiro atoms. The lowest BCUT2D eigenvalue weighted by Gasteiger charge is -2.34. The highest BCUT2D eigenvalue weighted by atomic mass is 32.2. The molecule has 2 fully saturated rings. The molecule has 2 heterocycles. The molecule has 1 saturated carbocycles. The number of thioether (sulfide) groups is 1. The van der Waals surface area contributed by atoms with E-state index in [1.807, 2.05) is 41.3 Å². The minimum Gasteiger partial charge on any atom is -0.492 e. The summed E-state index contributed by atoms with van der Waals surface area (Å²) in [6.45, 7) is 5.56. The summed E-state index contributed by atoms with van der Waals surface area (Å²) in [6, 6.07) is 20.3. The smallest absolute Gasteiger partial charge is 0.233 e. The van der Waals surface area contributed by atoms with Crippen molar-refractivity contribution in [2.24, 2.45) is 0 Å². The maximum absolute atomic E-state index is 12.9. The molecule has 0 N–H and O–H groups in total. The highest BCUT2D eigenvalue weighted by Gasteiger charge is 2.31. The van der Waals surface area contributed by atoms with Crippen molar-refractivity contribution in [3.05, 3.63) is 72.1 Å². The predicted molar refractivity (Wildman–Crippen MR) is 133 cm³/mol. The molecule has 0 radical (unpaired) electrons. The molecule has 1 aliphatic heterocycles. The maximum Gasteiger partial charge on any atom is 0.233 e. The van der Waals surface area contributed by atoms with Crippen LogP contribution in [0.4, 0.5) is 0 Å². The maximum atomic E-state index is 12.9. The van der Waals surface area contributed by atoms with E-state index >= 15 is 0 Å². The molecule has 0 atom stereocenters. The first-order valence-electron chi connectivity index (χ1n) is 12.0. The third-order valence-electron chi connectivity index (χ3n) is 6.34. The van der Waals surface area contributed by atoms with Gasteiger partial charge in [-0.1, -0.05) is 60.3 Å². The number of para-hydroxylation sites is 1. The number of amides is 1. The van der Waals surface area contributed by atoms with E-state index in [2.05, 4.69) is 43.9 Å². The Bertz CT molecular complexity index is 1060. The van der Waals surface area contributed by atoms with Gasteiger partial charge in [0.15, 0.2) is 5.16 Å². The van der Waals surface area contributed by atoms with E-state index in [1.165, 1.54) is 30.2 Å². The molecule has 2 aromatic carbocycles. The van der Waals surface area contributed by atoms with Gasteiger partial charge in [0.2, 0.25) is 5.91 Å². The highest BCUT2D eigenvalue weighted by Crippen LogP contribution is 2.40. The van der Waals surface area contributed by atoms with Gasteiger partial charge < -0.3 is 14.2 Å². The molecule has 1 aliphatic carbocycles. The van der Waals surface area contributed by atoms with Gasteiger partial charge in [0, 0.05) is 38.6 Å². The first kappa shape index (κ1) is 22.9. The standard InChI is InChI=1S/C26H31N5O2S/c32-24(30-15-13-29(14-16-30)17-18-33-23-9-5-2-6-10-23)20-34-26-28-27-25(22-11-12-22)31(26)19-21-7-3-1-4-8-21/h1-10,22H,11-20H2. The molecule has 2 aliphatic rings. The zero-order valence-electron chi connectivity index (χ0n) is 19.4.